The fourth-order valence-electron chi connectivity index (χ4n) is 6.20. The Bertz CT molecular complexity index is 3190. The largest absolute Gasteiger partial charge is 0.479 e. The molecule has 0 saturated heterocycles. The van der Waals surface area contributed by atoms with Crippen molar-refractivity contribution >= 4 is 87.7 Å². The summed E-state index contributed by atoms with van der Waals surface area (Å²) in [5.74, 6) is -7.50. The van der Waals surface area contributed by atoms with Crippen LogP contribution in [0.3, 0.4) is 0 Å². The number of thioether (sulfide) groups is 2. The van der Waals surface area contributed by atoms with Gasteiger partial charge in [0, 0.05) is 0 Å². The highest BCUT2D eigenvalue weighted by molar-refractivity contribution is 7.98. The molecule has 336 valence electrons. The number of azo groups is 2. The number of nitrogens with two attached hydrogens (primary N) is 2. The van der Waals surface area contributed by atoms with Gasteiger partial charge < -0.3 is 37.0 Å². The summed E-state index contributed by atoms with van der Waals surface area (Å²) in [5.41, 5.74) is 11.0. The molecule has 0 atom stereocenters. The fourth-order valence-corrected chi connectivity index (χ4v) is 7.20. The number of aromatic nitrogens is 11. The van der Waals surface area contributed by atoms with Crippen LogP contribution < -0.4 is 11.5 Å². The zero-order valence-electron chi connectivity index (χ0n) is 34.4. The zero-order valence-corrected chi connectivity index (χ0v) is 36.0. The van der Waals surface area contributed by atoms with E-state index < -0.39 is 52.1 Å². The molecule has 0 aliphatic carbocycles. The van der Waals surface area contributed by atoms with Crippen molar-refractivity contribution < 1.29 is 44.7 Å². The molecule has 0 fully saturated rings. The molecule has 0 bridgehead atoms. The lowest BCUT2D eigenvalue weighted by Crippen LogP contribution is -2.13. The molecule has 9 N–H and O–H groups in total. The lowest BCUT2D eigenvalue weighted by atomic mass is 10.1. The number of aromatic carboxylic acids is 4. The zero-order chi connectivity index (χ0) is 48.6. The third kappa shape index (κ3) is 8.25. The second-order valence-electron chi connectivity index (χ2n) is 13.2. The molecule has 7 aromatic rings. The molecule has 0 spiro atoms. The van der Waals surface area contributed by atoms with Crippen LogP contribution in [0, 0.1) is 31.8 Å². The molecule has 5 heterocycles. The van der Waals surface area contributed by atoms with E-state index in [1.165, 1.54) is 26.0 Å². The van der Waals surface area contributed by atoms with Crippen molar-refractivity contribution in [2.24, 2.45) is 20.5 Å². The van der Waals surface area contributed by atoms with Crippen LogP contribution in [-0.2, 0) is 0 Å². The monoisotopic (exact) mass is 945 g/mol. The molecule has 0 saturated carbocycles. The standard InChI is InChI=1S/C37H27N19O9S2/c1-13-22(45-47-27-21(12-38)29(66-4)51-53(27)15-6-8-17(31(57)58)19(10-15)33(61)62)25(39)55(49-13)35-42-36(44-37(65)43-35)56-26(40)23(14(2)50-56)46-48-28-24(41-3)30(67-5)52-54(28)16-7-9-18(32(59)60)20(11-16)34(63)64/h6-11H,39-40H2,1-2,4-5H3,(H,57,58)(H,59,60)(H,61,62)(H,63,64)(H,42,43,44,65). The molecule has 7 rings (SSSR count). The number of nitrogens with zero attached hydrogens (tertiary/aromatic N) is 17. The third-order valence-corrected chi connectivity index (χ3v) is 10.6. The number of hydrogen-bond donors (Lipinski definition) is 7. The fraction of sp³-hybridized carbons (Fsp3) is 0.108. The normalized spacial score (nSPS) is 11.3. The van der Waals surface area contributed by atoms with Crippen LogP contribution in [-0.4, -0.2) is 116 Å². The Morgan fingerprint density at radius 1 is 0.657 bits per heavy atom. The number of anilines is 2. The topological polar surface area (TPSA) is 409 Å². The summed E-state index contributed by atoms with van der Waals surface area (Å²) >= 11 is 2.17. The molecule has 5 aromatic heterocycles. The minimum absolute atomic E-state index is 0.0461. The lowest BCUT2D eigenvalue weighted by Gasteiger charge is -2.08. The van der Waals surface area contributed by atoms with E-state index in [-0.39, 0.29) is 90.6 Å². The number of rotatable bonds is 14. The van der Waals surface area contributed by atoms with Crippen LogP contribution >= 0.6 is 23.5 Å². The Labute approximate surface area is 381 Å². The Kier molecular flexibility index (Phi) is 12.2. The van der Waals surface area contributed by atoms with E-state index in [2.05, 4.69) is 60.6 Å². The minimum Gasteiger partial charge on any atom is -0.479 e. The van der Waals surface area contributed by atoms with Crippen molar-refractivity contribution in [2.45, 2.75) is 23.9 Å². The molecular weight excluding hydrogens is 919 g/mol. The van der Waals surface area contributed by atoms with E-state index in [1.807, 2.05) is 6.07 Å². The number of benzene rings is 2. The number of nitrogen functional groups attached to an aromatic ring is 2. The van der Waals surface area contributed by atoms with E-state index in [0.717, 1.165) is 66.5 Å². The molecule has 0 aliphatic rings. The van der Waals surface area contributed by atoms with Gasteiger partial charge >= 0.3 is 29.9 Å². The quantitative estimate of drug-likeness (QED) is 0.0396. The molecule has 2 aromatic carbocycles. The van der Waals surface area contributed by atoms with Crippen LogP contribution in [0.2, 0.25) is 0 Å². The van der Waals surface area contributed by atoms with Crippen LogP contribution in [0.15, 0.2) is 66.9 Å². The number of hydrogen-bond acceptors (Lipinski definition) is 21. The smallest absolute Gasteiger partial charge is 0.336 e. The summed E-state index contributed by atoms with van der Waals surface area (Å²) in [4.78, 5) is 63.0. The molecule has 28 nitrogen and oxygen atoms in total. The maximum Gasteiger partial charge on any atom is 0.336 e. The van der Waals surface area contributed by atoms with E-state index in [9.17, 15) is 50.0 Å². The maximum absolute atomic E-state index is 11.9. The molecular formula is C37H27N19O9S2. The van der Waals surface area contributed by atoms with Crippen molar-refractivity contribution in [3.05, 3.63) is 87.0 Å². The van der Waals surface area contributed by atoms with E-state index in [1.54, 1.807) is 12.5 Å². The van der Waals surface area contributed by atoms with E-state index >= 15 is 0 Å². The van der Waals surface area contributed by atoms with Gasteiger partial charge in [-0.05, 0) is 62.8 Å². The summed E-state index contributed by atoms with van der Waals surface area (Å²) < 4.78 is 4.20. The predicted octanol–water partition coefficient (Wildman–Crippen LogP) is 5.59. The number of nitriles is 1. The van der Waals surface area contributed by atoms with Gasteiger partial charge in [0.05, 0.1) is 51.6 Å². The van der Waals surface area contributed by atoms with Gasteiger partial charge in [-0.3, -0.25) is 0 Å². The van der Waals surface area contributed by atoms with Gasteiger partial charge in [0.25, 0.3) is 17.6 Å². The SMILES string of the molecule is [C-]#[N+]c1c(SC)nn(-c2ccc(C(=O)O)c(C(=O)O)c2)c1N=Nc1c(C)nn(-c2nc(O)nc(-n3nc(C)c(N=Nc4c(C#N)c(SC)nn4-c4ccc(C(=O)O)c(C(=O)O)c4)c3N)n2)c1N. The van der Waals surface area contributed by atoms with Crippen molar-refractivity contribution in [2.75, 3.05) is 24.0 Å². The van der Waals surface area contributed by atoms with Crippen molar-refractivity contribution in [3.63, 3.8) is 0 Å². The molecule has 0 aliphatic heterocycles. The van der Waals surface area contributed by atoms with Gasteiger partial charge in [0.1, 0.15) is 21.7 Å². The average molecular weight is 946 g/mol. The molecule has 30 heteroatoms. The Morgan fingerprint density at radius 2 is 1.09 bits per heavy atom. The minimum atomic E-state index is -1.52. The number of carbonyl (C=O) groups is 4. The molecule has 0 unspecified atom stereocenters. The number of aromatic hydroxyl groups is 1. The van der Waals surface area contributed by atoms with Crippen molar-refractivity contribution in [1.29, 1.82) is 5.26 Å². The first kappa shape index (κ1) is 45.5. The summed E-state index contributed by atoms with van der Waals surface area (Å²) in [5, 5.41) is 93.9. The lowest BCUT2D eigenvalue weighted by molar-refractivity contribution is 0.0651. The Hall–Kier alpha value is -9.55. The average Bonchev–Trinajstić information content (AvgIpc) is 4.02. The van der Waals surface area contributed by atoms with Crippen molar-refractivity contribution in [1.82, 2.24) is 54.1 Å². The maximum atomic E-state index is 11.9. The highest BCUT2D eigenvalue weighted by Crippen LogP contribution is 2.41. The van der Waals surface area contributed by atoms with Crippen LogP contribution in [0.25, 0.3) is 28.1 Å². The molecule has 67 heavy (non-hydrogen) atoms. The third-order valence-electron chi connectivity index (χ3n) is 9.26. The Morgan fingerprint density at radius 3 is 1.51 bits per heavy atom. The molecule has 0 amide bonds. The summed E-state index contributed by atoms with van der Waals surface area (Å²) in [6, 6.07) is 7.99. The number of aryl methyl sites for hydroxylation is 2. The highest BCUT2D eigenvalue weighted by Gasteiger charge is 2.27. The van der Waals surface area contributed by atoms with E-state index in [0.29, 0.717) is 0 Å². The van der Waals surface area contributed by atoms with Crippen LogP contribution in [0.4, 0.5) is 40.3 Å². The van der Waals surface area contributed by atoms with Gasteiger partial charge in [0.2, 0.25) is 0 Å². The first-order valence-corrected chi connectivity index (χ1v) is 20.7. The highest BCUT2D eigenvalue weighted by atomic mass is 32.2. The first-order valence-electron chi connectivity index (χ1n) is 18.3. The molecule has 0 radical (unpaired) electrons. The Balaban J connectivity index is 1.25. The second kappa shape index (κ2) is 17.9. The number of carboxylic acid groups (broad SMARTS) is 4. The van der Waals surface area contributed by atoms with Gasteiger partial charge in [-0.15, -0.1) is 44.0 Å². The van der Waals surface area contributed by atoms with Gasteiger partial charge in [-0.2, -0.15) is 50.0 Å². The van der Waals surface area contributed by atoms with Gasteiger partial charge in [-0.25, -0.2) is 33.4 Å². The van der Waals surface area contributed by atoms with Crippen LogP contribution in [0.5, 0.6) is 6.01 Å². The van der Waals surface area contributed by atoms with Crippen LogP contribution in [0.1, 0.15) is 58.4 Å². The predicted molar refractivity (Wildman–Crippen MR) is 232 cm³/mol. The van der Waals surface area contributed by atoms with Gasteiger partial charge in [0.15, 0.2) is 34.6 Å². The van der Waals surface area contributed by atoms with E-state index in [4.69, 9.17) is 18.0 Å². The number of carboxylic acids is 4. The first-order chi connectivity index (χ1) is 31.9. The second-order valence-corrected chi connectivity index (χ2v) is 14.8. The summed E-state index contributed by atoms with van der Waals surface area (Å²) in [7, 11) is 0. The van der Waals surface area contributed by atoms with Gasteiger partial charge in [-0.1, -0.05) is 0 Å². The summed E-state index contributed by atoms with van der Waals surface area (Å²) in [6.45, 7) is 10.8. The van der Waals surface area contributed by atoms with Crippen molar-refractivity contribution in [3.8, 4) is 35.4 Å². The summed E-state index contributed by atoms with van der Waals surface area (Å²) in [6.07, 6.45) is 3.28.